The molecule has 0 spiro atoms. The van der Waals surface area contributed by atoms with Crippen LogP contribution in [0.15, 0.2) is 23.4 Å². The molecule has 12 heteroatoms. The van der Waals surface area contributed by atoms with E-state index in [9.17, 15) is 19.5 Å². The number of carboxylic acid groups (broad SMARTS) is 1. The predicted octanol–water partition coefficient (Wildman–Crippen LogP) is -1.12. The molecule has 1 aromatic rings. The van der Waals surface area contributed by atoms with Crippen molar-refractivity contribution in [2.24, 2.45) is 5.16 Å². The van der Waals surface area contributed by atoms with Gasteiger partial charge < -0.3 is 30.6 Å². The van der Waals surface area contributed by atoms with Crippen LogP contribution in [0.25, 0.3) is 0 Å². The van der Waals surface area contributed by atoms with E-state index in [0.717, 1.165) is 0 Å². The molecule has 4 N–H and O–H groups in total. The SMILES string of the molecule is CON=C(C(=O)NC1C(=O)N2CC(OC)(C(=O)O)CS[C@H]12)c1cccc(N)n1. The molecule has 3 heterocycles. The van der Waals surface area contributed by atoms with Gasteiger partial charge in [-0.05, 0) is 12.1 Å². The van der Waals surface area contributed by atoms with Crippen LogP contribution < -0.4 is 11.1 Å². The molecular formula is C16H19N5O6S. The third-order valence-electron chi connectivity index (χ3n) is 4.53. The van der Waals surface area contributed by atoms with Gasteiger partial charge in [-0.2, -0.15) is 0 Å². The maximum atomic E-state index is 12.7. The number of ether oxygens (including phenoxy) is 1. The molecule has 28 heavy (non-hydrogen) atoms. The zero-order chi connectivity index (χ0) is 20.5. The molecule has 2 aliphatic heterocycles. The van der Waals surface area contributed by atoms with Gasteiger partial charge in [0.2, 0.25) is 5.91 Å². The largest absolute Gasteiger partial charge is 0.479 e. The fraction of sp³-hybridized carbons (Fsp3) is 0.438. The van der Waals surface area contributed by atoms with Gasteiger partial charge >= 0.3 is 5.97 Å². The monoisotopic (exact) mass is 409 g/mol. The number of nitrogens with one attached hydrogen (secondary N) is 1. The number of hydrogen-bond acceptors (Lipinski definition) is 9. The van der Waals surface area contributed by atoms with Crippen LogP contribution in [-0.4, -0.2) is 82.0 Å². The average molecular weight is 409 g/mol. The summed E-state index contributed by atoms with van der Waals surface area (Å²) in [7, 11) is 2.58. The number of carboxylic acids is 1. The van der Waals surface area contributed by atoms with E-state index in [1.807, 2.05) is 0 Å². The minimum atomic E-state index is -1.46. The molecule has 2 fully saturated rings. The number of nitrogens with two attached hydrogens (primary N) is 1. The molecule has 150 valence electrons. The van der Waals surface area contributed by atoms with Gasteiger partial charge in [-0.25, -0.2) is 9.78 Å². The van der Waals surface area contributed by atoms with Crippen LogP contribution in [0.4, 0.5) is 5.82 Å². The van der Waals surface area contributed by atoms with Gasteiger partial charge in [0.15, 0.2) is 11.3 Å². The van der Waals surface area contributed by atoms with Crippen LogP contribution >= 0.6 is 11.8 Å². The average Bonchev–Trinajstić information content (AvgIpc) is 2.69. The Hall–Kier alpha value is -2.86. The third kappa shape index (κ3) is 3.36. The van der Waals surface area contributed by atoms with Crippen molar-refractivity contribution in [2.75, 3.05) is 32.3 Å². The lowest BCUT2D eigenvalue weighted by molar-refractivity contribution is -0.170. The molecule has 0 aromatic carbocycles. The number of fused-ring (bicyclic) bond motifs is 1. The Kier molecular flexibility index (Phi) is 5.42. The number of rotatable bonds is 6. The van der Waals surface area contributed by atoms with Crippen LogP contribution in [0.2, 0.25) is 0 Å². The number of hydrogen-bond donors (Lipinski definition) is 3. The predicted molar refractivity (Wildman–Crippen MR) is 99.5 cm³/mol. The van der Waals surface area contributed by atoms with Gasteiger partial charge in [0.1, 0.15) is 30.0 Å². The van der Waals surface area contributed by atoms with Gasteiger partial charge in [0.05, 0.1) is 6.54 Å². The van der Waals surface area contributed by atoms with Crippen molar-refractivity contribution in [3.63, 3.8) is 0 Å². The Morgan fingerprint density at radius 2 is 2.21 bits per heavy atom. The second-order valence-corrected chi connectivity index (χ2v) is 7.30. The highest BCUT2D eigenvalue weighted by molar-refractivity contribution is 8.00. The minimum absolute atomic E-state index is 0.0858. The number of nitrogen functional groups attached to an aromatic ring is 1. The van der Waals surface area contributed by atoms with E-state index < -0.39 is 34.8 Å². The first-order valence-electron chi connectivity index (χ1n) is 8.18. The molecule has 0 saturated carbocycles. The number of amides is 2. The van der Waals surface area contributed by atoms with E-state index in [-0.39, 0.29) is 29.5 Å². The number of oxime groups is 1. The number of nitrogens with zero attached hydrogens (tertiary/aromatic N) is 3. The zero-order valence-corrected chi connectivity index (χ0v) is 15.9. The van der Waals surface area contributed by atoms with Crippen molar-refractivity contribution in [1.29, 1.82) is 0 Å². The highest BCUT2D eigenvalue weighted by atomic mass is 32.2. The van der Waals surface area contributed by atoms with E-state index in [2.05, 4.69) is 15.5 Å². The lowest BCUT2D eigenvalue weighted by Gasteiger charge is -2.53. The van der Waals surface area contributed by atoms with E-state index in [0.29, 0.717) is 0 Å². The van der Waals surface area contributed by atoms with E-state index in [1.165, 1.54) is 36.9 Å². The van der Waals surface area contributed by atoms with Crippen molar-refractivity contribution in [3.8, 4) is 0 Å². The lowest BCUT2D eigenvalue weighted by atomic mass is 9.99. The molecule has 2 unspecified atom stereocenters. The molecule has 0 aliphatic carbocycles. The number of pyridine rings is 1. The van der Waals surface area contributed by atoms with Crippen molar-refractivity contribution in [1.82, 2.24) is 15.2 Å². The summed E-state index contributed by atoms with van der Waals surface area (Å²) >= 11 is 1.23. The summed E-state index contributed by atoms with van der Waals surface area (Å²) < 4.78 is 5.14. The van der Waals surface area contributed by atoms with Crippen molar-refractivity contribution in [3.05, 3.63) is 23.9 Å². The number of carbonyl (C=O) groups excluding carboxylic acids is 2. The molecular weight excluding hydrogens is 390 g/mol. The zero-order valence-electron chi connectivity index (χ0n) is 15.1. The van der Waals surface area contributed by atoms with Gasteiger partial charge in [-0.3, -0.25) is 9.59 Å². The number of thioether (sulfide) groups is 1. The van der Waals surface area contributed by atoms with Crippen LogP contribution in [0.5, 0.6) is 0 Å². The number of β-lactam (4-membered cyclic amide) rings is 1. The Bertz CT molecular complexity index is 849. The minimum Gasteiger partial charge on any atom is -0.479 e. The number of methoxy groups -OCH3 is 1. The van der Waals surface area contributed by atoms with E-state index in [1.54, 1.807) is 12.1 Å². The number of aromatic nitrogens is 1. The first-order valence-corrected chi connectivity index (χ1v) is 9.23. The first kappa shape index (κ1) is 19.9. The second kappa shape index (κ2) is 7.64. The van der Waals surface area contributed by atoms with E-state index >= 15 is 0 Å². The van der Waals surface area contributed by atoms with Gasteiger partial charge in [0, 0.05) is 12.9 Å². The summed E-state index contributed by atoms with van der Waals surface area (Å²) in [6.07, 6.45) is 0. The van der Waals surface area contributed by atoms with Crippen LogP contribution in [0, 0.1) is 0 Å². The maximum Gasteiger partial charge on any atom is 0.338 e. The summed E-state index contributed by atoms with van der Waals surface area (Å²) in [6, 6.07) is 3.89. The molecule has 0 bridgehead atoms. The number of aliphatic carboxylic acids is 1. The molecule has 0 radical (unpaired) electrons. The summed E-state index contributed by atoms with van der Waals surface area (Å²) in [6.45, 7) is -0.0858. The summed E-state index contributed by atoms with van der Waals surface area (Å²) in [5.41, 5.74) is 4.25. The molecule has 3 atom stereocenters. The summed E-state index contributed by atoms with van der Waals surface area (Å²) in [5, 5.41) is 15.3. The highest BCUT2D eigenvalue weighted by Gasteiger charge is 2.58. The van der Waals surface area contributed by atoms with Crippen molar-refractivity contribution in [2.45, 2.75) is 17.0 Å². The van der Waals surface area contributed by atoms with Crippen LogP contribution in [-0.2, 0) is 24.0 Å². The van der Waals surface area contributed by atoms with Crippen LogP contribution in [0.3, 0.4) is 0 Å². The fourth-order valence-corrected chi connectivity index (χ4v) is 4.49. The number of carbonyl (C=O) groups is 3. The standard InChI is InChI=1S/C16H19N5O6S/c1-26-16(15(24)25)6-21-13(23)11(14(21)28-7-16)19-12(22)10(20-27-2)8-4-3-5-9(17)18-8/h3-5,11,14H,6-7H2,1-2H3,(H2,17,18)(H,19,22)(H,24,25)/t11?,14-,16?/m1/s1. The normalized spacial score (nSPS) is 26.9. The second-order valence-electron chi connectivity index (χ2n) is 6.19. The lowest BCUT2D eigenvalue weighted by Crippen LogP contribution is -2.75. The van der Waals surface area contributed by atoms with Crippen molar-refractivity contribution < 1.29 is 29.1 Å². The van der Waals surface area contributed by atoms with E-state index in [4.69, 9.17) is 15.3 Å². The summed E-state index contributed by atoms with van der Waals surface area (Å²) in [4.78, 5) is 46.8. The van der Waals surface area contributed by atoms with Gasteiger partial charge in [0.25, 0.3) is 5.91 Å². The highest BCUT2D eigenvalue weighted by Crippen LogP contribution is 2.39. The molecule has 2 amide bonds. The Labute approximate surface area is 164 Å². The quantitative estimate of drug-likeness (QED) is 0.301. The molecule has 1 aromatic heterocycles. The fourth-order valence-electron chi connectivity index (χ4n) is 2.98. The Balaban J connectivity index is 1.73. The summed E-state index contributed by atoms with van der Waals surface area (Å²) in [5.74, 6) is -1.84. The Morgan fingerprint density at radius 1 is 1.46 bits per heavy atom. The first-order chi connectivity index (χ1) is 13.3. The van der Waals surface area contributed by atoms with Crippen LogP contribution in [0.1, 0.15) is 5.69 Å². The smallest absolute Gasteiger partial charge is 0.338 e. The molecule has 11 nitrogen and oxygen atoms in total. The topological polar surface area (TPSA) is 156 Å². The van der Waals surface area contributed by atoms with Crippen molar-refractivity contribution >= 4 is 41.1 Å². The Morgan fingerprint density at radius 3 is 2.82 bits per heavy atom. The van der Waals surface area contributed by atoms with Gasteiger partial charge in [-0.1, -0.05) is 11.2 Å². The molecule has 2 aliphatic rings. The number of anilines is 1. The van der Waals surface area contributed by atoms with Gasteiger partial charge in [-0.15, -0.1) is 11.8 Å². The maximum absolute atomic E-state index is 12.7. The molecule has 2 saturated heterocycles. The molecule has 3 rings (SSSR count). The third-order valence-corrected chi connectivity index (χ3v) is 6.03.